The van der Waals surface area contributed by atoms with E-state index in [4.69, 9.17) is 4.74 Å². The molecule has 0 spiro atoms. The molecule has 0 bridgehead atoms. The molecule has 2 aromatic rings. The number of carbonyl (C=O) groups is 1. The Hall–Kier alpha value is -2.09. The number of hydrogen-bond acceptors (Lipinski definition) is 6. The Morgan fingerprint density at radius 3 is 2.54 bits per heavy atom. The van der Waals surface area contributed by atoms with Crippen molar-refractivity contribution in [2.75, 3.05) is 6.61 Å². The topological polar surface area (TPSA) is 91.7 Å². The lowest BCUT2D eigenvalue weighted by molar-refractivity contribution is 0.104. The number of aliphatic hydroxyl groups excluding tert-OH is 2. The van der Waals surface area contributed by atoms with E-state index in [2.05, 4.69) is 17.2 Å². The number of rotatable bonds is 7. The zero-order valence-corrected chi connectivity index (χ0v) is 15.3. The number of aryl methyl sites for hydroxylation is 1. The Labute approximate surface area is 156 Å². The number of hydrogen-bond donors (Lipinski definition) is 3. The van der Waals surface area contributed by atoms with Crippen LogP contribution in [0.4, 0.5) is 4.79 Å². The van der Waals surface area contributed by atoms with Crippen LogP contribution in [-0.2, 0) is 12.8 Å². The highest BCUT2D eigenvalue weighted by molar-refractivity contribution is 8.14. The molecular weight excluding hydrogens is 352 g/mol. The smallest absolute Gasteiger partial charge is 0.281 e. The summed E-state index contributed by atoms with van der Waals surface area (Å²) >= 11 is 1.12. The molecule has 0 aliphatic carbocycles. The number of thioether (sulfide) groups is 1. The molecule has 1 aromatic carbocycles. The van der Waals surface area contributed by atoms with Crippen molar-refractivity contribution >= 4 is 17.0 Å². The second-order valence-corrected chi connectivity index (χ2v) is 7.36. The molecule has 26 heavy (non-hydrogen) atoms. The normalized spacial score (nSPS) is 20.7. The molecule has 2 unspecified atom stereocenters. The zero-order chi connectivity index (χ0) is 18.5. The lowest BCUT2D eigenvalue weighted by atomic mass is 10.1. The standard InChI is InChI=1S/C19H22N2O4S/c1-2-12-5-8-15(20-10-12)16(22)11-25-14-6-3-13(4-7-14)9-17-18(23)21-19(24)26-17/h3-8,10,16-18,22-23H,2,9,11H2,1H3,(H,21,24)/t16-,17?,18?/m1/s1. The molecule has 6 nitrogen and oxygen atoms in total. The fraction of sp³-hybridized carbons (Fsp3) is 0.368. The lowest BCUT2D eigenvalue weighted by Crippen LogP contribution is -2.31. The van der Waals surface area contributed by atoms with Gasteiger partial charge in [0.1, 0.15) is 24.7 Å². The average molecular weight is 374 g/mol. The number of carbonyl (C=O) groups excluding carboxylic acids is 1. The predicted molar refractivity (Wildman–Crippen MR) is 100 cm³/mol. The molecule has 3 rings (SSSR count). The van der Waals surface area contributed by atoms with Gasteiger partial charge in [-0.2, -0.15) is 0 Å². The third-order valence-corrected chi connectivity index (χ3v) is 5.30. The van der Waals surface area contributed by atoms with Gasteiger partial charge in [0.05, 0.1) is 10.9 Å². The van der Waals surface area contributed by atoms with E-state index in [1.807, 2.05) is 36.4 Å². The van der Waals surface area contributed by atoms with Crippen LogP contribution < -0.4 is 10.1 Å². The highest BCUT2D eigenvalue weighted by Crippen LogP contribution is 2.26. The Morgan fingerprint density at radius 1 is 1.23 bits per heavy atom. The molecule has 1 amide bonds. The van der Waals surface area contributed by atoms with E-state index in [1.165, 1.54) is 0 Å². The van der Waals surface area contributed by atoms with Gasteiger partial charge >= 0.3 is 0 Å². The number of nitrogens with one attached hydrogen (secondary N) is 1. The SMILES string of the molecule is CCc1ccc([C@H](O)COc2ccc(CC3SC(=O)NC3O)cc2)nc1. The van der Waals surface area contributed by atoms with Gasteiger partial charge in [0.25, 0.3) is 5.24 Å². The summed E-state index contributed by atoms with van der Waals surface area (Å²) in [7, 11) is 0. The van der Waals surface area contributed by atoms with E-state index in [0.29, 0.717) is 17.9 Å². The third kappa shape index (κ3) is 4.75. The highest BCUT2D eigenvalue weighted by Gasteiger charge is 2.31. The van der Waals surface area contributed by atoms with Gasteiger partial charge in [0, 0.05) is 6.20 Å². The molecule has 0 saturated carbocycles. The van der Waals surface area contributed by atoms with E-state index in [0.717, 1.165) is 29.3 Å². The van der Waals surface area contributed by atoms with Crippen molar-refractivity contribution in [3.8, 4) is 5.75 Å². The van der Waals surface area contributed by atoms with Crippen LogP contribution in [0.5, 0.6) is 5.75 Å². The van der Waals surface area contributed by atoms with E-state index in [1.54, 1.807) is 6.20 Å². The van der Waals surface area contributed by atoms with E-state index >= 15 is 0 Å². The summed E-state index contributed by atoms with van der Waals surface area (Å²) in [6.45, 7) is 2.17. The summed E-state index contributed by atoms with van der Waals surface area (Å²) in [5.74, 6) is 0.645. The minimum absolute atomic E-state index is 0.118. The van der Waals surface area contributed by atoms with Crippen molar-refractivity contribution in [3.63, 3.8) is 0 Å². The number of aromatic nitrogens is 1. The number of pyridine rings is 1. The van der Waals surface area contributed by atoms with Crippen LogP contribution in [-0.4, -0.2) is 38.5 Å². The van der Waals surface area contributed by atoms with E-state index in [-0.39, 0.29) is 17.1 Å². The Kier molecular flexibility index (Phi) is 6.13. The maximum Gasteiger partial charge on any atom is 0.281 e. The third-order valence-electron chi connectivity index (χ3n) is 4.24. The summed E-state index contributed by atoms with van der Waals surface area (Å²) in [6.07, 6.45) is 1.66. The van der Waals surface area contributed by atoms with Gasteiger partial charge in [-0.15, -0.1) is 0 Å². The monoisotopic (exact) mass is 374 g/mol. The van der Waals surface area contributed by atoms with Crippen molar-refractivity contribution in [2.45, 2.75) is 37.3 Å². The molecule has 1 aliphatic rings. The maximum atomic E-state index is 11.3. The molecule has 3 atom stereocenters. The Balaban J connectivity index is 1.51. The van der Waals surface area contributed by atoms with Gasteiger partial charge in [-0.1, -0.05) is 36.9 Å². The molecule has 1 saturated heterocycles. The van der Waals surface area contributed by atoms with Crippen LogP contribution in [0.15, 0.2) is 42.6 Å². The first-order valence-corrected chi connectivity index (χ1v) is 9.43. The van der Waals surface area contributed by atoms with Gasteiger partial charge in [0.2, 0.25) is 0 Å². The molecule has 1 aliphatic heterocycles. The van der Waals surface area contributed by atoms with Crippen LogP contribution >= 0.6 is 11.8 Å². The molecular formula is C19H22N2O4S. The minimum Gasteiger partial charge on any atom is -0.490 e. The van der Waals surface area contributed by atoms with Crippen LogP contribution in [0.2, 0.25) is 0 Å². The Bertz CT molecular complexity index is 736. The number of nitrogens with zero attached hydrogens (tertiary/aromatic N) is 1. The van der Waals surface area contributed by atoms with E-state index < -0.39 is 12.3 Å². The Morgan fingerprint density at radius 2 is 1.96 bits per heavy atom. The van der Waals surface area contributed by atoms with Gasteiger partial charge in [0.15, 0.2) is 0 Å². The quantitative estimate of drug-likeness (QED) is 0.689. The van der Waals surface area contributed by atoms with Crippen molar-refractivity contribution in [1.82, 2.24) is 10.3 Å². The van der Waals surface area contributed by atoms with Crippen LogP contribution in [0.25, 0.3) is 0 Å². The van der Waals surface area contributed by atoms with E-state index in [9.17, 15) is 15.0 Å². The fourth-order valence-corrected chi connectivity index (χ4v) is 3.60. The molecule has 0 radical (unpaired) electrons. The predicted octanol–water partition coefficient (Wildman–Crippen LogP) is 2.44. The van der Waals surface area contributed by atoms with Crippen LogP contribution in [0.3, 0.4) is 0 Å². The van der Waals surface area contributed by atoms with Crippen molar-refractivity contribution in [2.24, 2.45) is 0 Å². The number of benzene rings is 1. The second kappa shape index (κ2) is 8.53. The average Bonchev–Trinajstić information content (AvgIpc) is 2.98. The van der Waals surface area contributed by atoms with Crippen LogP contribution in [0.1, 0.15) is 29.8 Å². The molecule has 3 N–H and O–H groups in total. The van der Waals surface area contributed by atoms with Crippen molar-refractivity contribution in [1.29, 1.82) is 0 Å². The highest BCUT2D eigenvalue weighted by atomic mass is 32.2. The summed E-state index contributed by atoms with van der Waals surface area (Å²) in [4.78, 5) is 15.5. The van der Waals surface area contributed by atoms with Crippen LogP contribution in [0, 0.1) is 0 Å². The summed E-state index contributed by atoms with van der Waals surface area (Å²) in [6, 6.07) is 11.2. The first-order chi connectivity index (χ1) is 12.5. The van der Waals surface area contributed by atoms with Crippen molar-refractivity contribution < 1.29 is 19.7 Å². The largest absolute Gasteiger partial charge is 0.490 e. The molecule has 1 aromatic heterocycles. The van der Waals surface area contributed by atoms with Gasteiger partial charge in [-0.3, -0.25) is 9.78 Å². The molecule has 2 heterocycles. The number of amides is 1. The second-order valence-electron chi connectivity index (χ2n) is 6.15. The molecule has 1 fully saturated rings. The first kappa shape index (κ1) is 18.7. The zero-order valence-electron chi connectivity index (χ0n) is 14.5. The molecule has 7 heteroatoms. The maximum absolute atomic E-state index is 11.3. The van der Waals surface area contributed by atoms with Crippen molar-refractivity contribution in [3.05, 3.63) is 59.4 Å². The summed E-state index contributed by atoms with van der Waals surface area (Å²) < 4.78 is 5.63. The summed E-state index contributed by atoms with van der Waals surface area (Å²) in [5, 5.41) is 22.0. The summed E-state index contributed by atoms with van der Waals surface area (Å²) in [5.41, 5.74) is 2.71. The molecule has 138 valence electrons. The minimum atomic E-state index is -0.815. The van der Waals surface area contributed by atoms with Gasteiger partial charge in [-0.05, 0) is 42.2 Å². The number of ether oxygens (including phenoxy) is 1. The fourth-order valence-electron chi connectivity index (χ4n) is 2.66. The number of aliphatic hydroxyl groups is 2. The van der Waals surface area contributed by atoms with Gasteiger partial charge < -0.3 is 20.3 Å². The van der Waals surface area contributed by atoms with Gasteiger partial charge in [-0.25, -0.2) is 0 Å². The first-order valence-electron chi connectivity index (χ1n) is 8.55. The lowest BCUT2D eigenvalue weighted by Gasteiger charge is -2.14.